The summed E-state index contributed by atoms with van der Waals surface area (Å²) in [5.74, 6) is 0.429. The van der Waals surface area contributed by atoms with Crippen LogP contribution in [0.2, 0.25) is 0 Å². The third-order valence-electron chi connectivity index (χ3n) is 3.82. The zero-order valence-corrected chi connectivity index (χ0v) is 11.6. The van der Waals surface area contributed by atoms with E-state index in [1.165, 1.54) is 10.2 Å². The van der Waals surface area contributed by atoms with E-state index in [9.17, 15) is 13.2 Å². The van der Waals surface area contributed by atoms with Crippen molar-refractivity contribution in [2.24, 2.45) is 0 Å². The van der Waals surface area contributed by atoms with Gasteiger partial charge < -0.3 is 5.32 Å². The molecule has 1 aromatic heterocycles. The minimum atomic E-state index is -4.41. The van der Waals surface area contributed by atoms with Crippen LogP contribution in [-0.2, 0) is 12.6 Å². The molecule has 0 spiro atoms. The molecule has 0 saturated heterocycles. The molecule has 2 heterocycles. The topological polar surface area (TPSA) is 29.9 Å². The summed E-state index contributed by atoms with van der Waals surface area (Å²) in [6.07, 6.45) is -2.75. The Morgan fingerprint density at radius 1 is 1.29 bits per heavy atom. The third-order valence-corrected chi connectivity index (χ3v) is 3.82. The second-order valence-electron chi connectivity index (χ2n) is 5.18. The summed E-state index contributed by atoms with van der Waals surface area (Å²) in [5.41, 5.74) is 1.36. The van der Waals surface area contributed by atoms with Crippen molar-refractivity contribution >= 4 is 5.82 Å². The van der Waals surface area contributed by atoms with Gasteiger partial charge in [-0.2, -0.15) is 18.3 Å². The lowest BCUT2D eigenvalue weighted by atomic mass is 10.0. The summed E-state index contributed by atoms with van der Waals surface area (Å²) in [6, 6.07) is 8.92. The highest BCUT2D eigenvalue weighted by Crippen LogP contribution is 2.35. The van der Waals surface area contributed by atoms with Crippen LogP contribution in [-0.4, -0.2) is 16.3 Å². The second-order valence-corrected chi connectivity index (χ2v) is 5.18. The maximum atomic E-state index is 12.8. The number of aromatic nitrogens is 2. The van der Waals surface area contributed by atoms with E-state index in [1.807, 2.05) is 24.3 Å². The SMILES string of the molecule is CCc1ccc(C2CCNc3cc(C(F)(F)F)nn32)cc1. The maximum Gasteiger partial charge on any atom is 0.435 e. The van der Waals surface area contributed by atoms with Crippen LogP contribution in [0.5, 0.6) is 0 Å². The lowest BCUT2D eigenvalue weighted by Gasteiger charge is -2.26. The van der Waals surface area contributed by atoms with Crippen LogP contribution in [0.25, 0.3) is 0 Å². The van der Waals surface area contributed by atoms with Crippen molar-refractivity contribution < 1.29 is 13.2 Å². The quantitative estimate of drug-likeness (QED) is 0.911. The third kappa shape index (κ3) is 2.62. The Hall–Kier alpha value is -1.98. The Balaban J connectivity index is 1.97. The van der Waals surface area contributed by atoms with E-state index in [2.05, 4.69) is 17.3 Å². The number of nitrogens with one attached hydrogen (secondary N) is 1. The molecule has 1 N–H and O–H groups in total. The van der Waals surface area contributed by atoms with Crippen molar-refractivity contribution in [1.82, 2.24) is 9.78 Å². The number of alkyl halides is 3. The zero-order chi connectivity index (χ0) is 15.0. The highest BCUT2D eigenvalue weighted by Gasteiger charge is 2.36. The van der Waals surface area contributed by atoms with Gasteiger partial charge in [-0.15, -0.1) is 0 Å². The molecule has 0 amide bonds. The van der Waals surface area contributed by atoms with E-state index in [-0.39, 0.29) is 6.04 Å². The molecule has 21 heavy (non-hydrogen) atoms. The van der Waals surface area contributed by atoms with Crippen LogP contribution in [0, 0.1) is 0 Å². The monoisotopic (exact) mass is 295 g/mol. The van der Waals surface area contributed by atoms with Gasteiger partial charge in [0.05, 0.1) is 6.04 Å². The van der Waals surface area contributed by atoms with Crippen molar-refractivity contribution in [3.8, 4) is 0 Å². The predicted octanol–water partition coefficient (Wildman–Crippen LogP) is 3.87. The van der Waals surface area contributed by atoms with Crippen molar-refractivity contribution in [2.75, 3.05) is 11.9 Å². The lowest BCUT2D eigenvalue weighted by Crippen LogP contribution is -2.24. The van der Waals surface area contributed by atoms with Gasteiger partial charge in [-0.3, -0.25) is 0 Å². The summed E-state index contributed by atoms with van der Waals surface area (Å²) in [5, 5.41) is 6.73. The Morgan fingerprint density at radius 2 is 2.00 bits per heavy atom. The number of hydrogen-bond donors (Lipinski definition) is 1. The predicted molar refractivity (Wildman–Crippen MR) is 74.3 cm³/mol. The largest absolute Gasteiger partial charge is 0.435 e. The van der Waals surface area contributed by atoms with Gasteiger partial charge in [-0.05, 0) is 24.0 Å². The van der Waals surface area contributed by atoms with Crippen LogP contribution >= 0.6 is 0 Å². The maximum absolute atomic E-state index is 12.8. The average molecular weight is 295 g/mol. The number of halogens is 3. The van der Waals surface area contributed by atoms with Crippen LogP contribution in [0.3, 0.4) is 0 Å². The Kier molecular flexibility index (Phi) is 3.39. The van der Waals surface area contributed by atoms with Crippen molar-refractivity contribution in [1.29, 1.82) is 0 Å². The van der Waals surface area contributed by atoms with E-state index in [0.29, 0.717) is 12.4 Å². The number of aryl methyl sites for hydroxylation is 1. The van der Waals surface area contributed by atoms with Crippen molar-refractivity contribution in [3.05, 3.63) is 47.2 Å². The molecule has 3 nitrogen and oxygen atoms in total. The zero-order valence-electron chi connectivity index (χ0n) is 11.6. The van der Waals surface area contributed by atoms with Crippen LogP contribution in [0.1, 0.15) is 36.2 Å². The Bertz CT molecular complexity index is 629. The lowest BCUT2D eigenvalue weighted by molar-refractivity contribution is -0.141. The van der Waals surface area contributed by atoms with E-state index >= 15 is 0 Å². The van der Waals surface area contributed by atoms with Gasteiger partial charge in [0.1, 0.15) is 5.82 Å². The van der Waals surface area contributed by atoms with Gasteiger partial charge in [0.15, 0.2) is 5.69 Å². The number of benzene rings is 1. The normalized spacial score (nSPS) is 18.2. The molecule has 1 aliphatic rings. The van der Waals surface area contributed by atoms with E-state index in [4.69, 9.17) is 0 Å². The minimum Gasteiger partial charge on any atom is -0.370 e. The molecule has 1 aliphatic heterocycles. The molecular formula is C15H16F3N3. The molecule has 0 saturated carbocycles. The molecule has 3 rings (SSSR count). The number of fused-ring (bicyclic) bond motifs is 1. The first kappa shape index (κ1) is 14.0. The molecule has 0 aliphatic carbocycles. The number of nitrogens with zero attached hydrogens (tertiary/aromatic N) is 2. The standard InChI is InChI=1S/C15H16F3N3/c1-2-10-3-5-11(6-4-10)12-7-8-19-14-9-13(15(16,17)18)20-21(12)14/h3-6,9,12,19H,2,7-8H2,1H3. The molecule has 0 bridgehead atoms. The van der Waals surface area contributed by atoms with Crippen LogP contribution in [0.4, 0.5) is 19.0 Å². The minimum absolute atomic E-state index is 0.150. The fourth-order valence-electron chi connectivity index (χ4n) is 2.65. The molecule has 0 radical (unpaired) electrons. The molecule has 112 valence electrons. The highest BCUT2D eigenvalue weighted by atomic mass is 19.4. The van der Waals surface area contributed by atoms with Crippen LogP contribution < -0.4 is 5.32 Å². The molecule has 1 unspecified atom stereocenters. The molecule has 1 aromatic carbocycles. The number of rotatable bonds is 2. The summed E-state index contributed by atoms with van der Waals surface area (Å²) in [7, 11) is 0. The molecule has 0 fully saturated rings. The molecular weight excluding hydrogens is 279 g/mol. The van der Waals surface area contributed by atoms with E-state index < -0.39 is 11.9 Å². The second kappa shape index (κ2) is 5.09. The number of hydrogen-bond acceptors (Lipinski definition) is 2. The highest BCUT2D eigenvalue weighted by molar-refractivity contribution is 5.42. The first-order chi connectivity index (χ1) is 9.99. The summed E-state index contributed by atoms with van der Waals surface area (Å²) < 4.78 is 39.8. The number of anilines is 1. The van der Waals surface area contributed by atoms with Crippen LogP contribution in [0.15, 0.2) is 30.3 Å². The summed E-state index contributed by atoms with van der Waals surface area (Å²) in [4.78, 5) is 0. The fraction of sp³-hybridized carbons (Fsp3) is 0.400. The summed E-state index contributed by atoms with van der Waals surface area (Å²) >= 11 is 0. The van der Waals surface area contributed by atoms with E-state index in [0.717, 1.165) is 24.5 Å². The van der Waals surface area contributed by atoms with Gasteiger partial charge >= 0.3 is 6.18 Å². The van der Waals surface area contributed by atoms with Gasteiger partial charge in [0.2, 0.25) is 0 Å². The molecule has 1 atom stereocenters. The van der Waals surface area contributed by atoms with Crippen molar-refractivity contribution in [2.45, 2.75) is 32.0 Å². The molecule has 2 aromatic rings. The molecule has 6 heteroatoms. The van der Waals surface area contributed by atoms with Gasteiger partial charge in [-0.25, -0.2) is 4.68 Å². The van der Waals surface area contributed by atoms with Crippen molar-refractivity contribution in [3.63, 3.8) is 0 Å². The first-order valence-corrected chi connectivity index (χ1v) is 6.98. The first-order valence-electron chi connectivity index (χ1n) is 6.98. The summed E-state index contributed by atoms with van der Waals surface area (Å²) in [6.45, 7) is 2.71. The van der Waals surface area contributed by atoms with E-state index in [1.54, 1.807) is 0 Å². The Labute approximate surface area is 120 Å². The smallest absolute Gasteiger partial charge is 0.370 e. The van der Waals surface area contributed by atoms with Gasteiger partial charge in [0.25, 0.3) is 0 Å². The fourth-order valence-corrected chi connectivity index (χ4v) is 2.65. The van der Waals surface area contributed by atoms with Gasteiger partial charge in [-0.1, -0.05) is 31.2 Å². The Morgan fingerprint density at radius 3 is 2.62 bits per heavy atom. The van der Waals surface area contributed by atoms with Gasteiger partial charge in [0, 0.05) is 12.6 Å². The average Bonchev–Trinajstić information content (AvgIpc) is 2.91.